The molecule has 2 fully saturated rings. The van der Waals surface area contributed by atoms with Gasteiger partial charge in [0.1, 0.15) is 0 Å². The Balaban J connectivity index is 0.000000463. The first-order chi connectivity index (χ1) is 17.7. The molecule has 1 saturated carbocycles. The minimum atomic E-state index is -4.94. The molecule has 0 aromatic carbocycles. The zero-order valence-electron chi connectivity index (χ0n) is 23.0. The van der Waals surface area contributed by atoms with Gasteiger partial charge in [0.2, 0.25) is 0 Å². The minimum absolute atomic E-state index is 0.335. The summed E-state index contributed by atoms with van der Waals surface area (Å²) >= 11 is 0. The molecule has 7 rings (SSSR count). The van der Waals surface area contributed by atoms with Crippen molar-refractivity contribution in [3.8, 4) is 0 Å². The summed E-state index contributed by atoms with van der Waals surface area (Å²) < 4.78 is 40.0. The van der Waals surface area contributed by atoms with Gasteiger partial charge >= 0.3 is 0 Å². The fourth-order valence-corrected chi connectivity index (χ4v) is 10.4. The highest BCUT2D eigenvalue weighted by Crippen LogP contribution is 2.66. The van der Waals surface area contributed by atoms with Crippen molar-refractivity contribution in [2.45, 2.75) is 135 Å². The lowest BCUT2D eigenvalue weighted by Gasteiger charge is -2.32. The first-order valence-electron chi connectivity index (χ1n) is 14.9. The van der Waals surface area contributed by atoms with E-state index in [1.165, 1.54) is 83.5 Å². The number of nitrogens with zero attached hydrogens (tertiary/aromatic N) is 2. The van der Waals surface area contributed by atoms with Crippen LogP contribution in [0.4, 0.5) is 0 Å². The van der Waals surface area contributed by atoms with Gasteiger partial charge in [-0.05, 0) is 80.8 Å². The highest BCUT2D eigenvalue weighted by molar-refractivity contribution is 6.00. The molecular weight excluding hydrogens is 488 g/mol. The lowest BCUT2D eigenvalue weighted by atomic mass is 9.73. The van der Waals surface area contributed by atoms with E-state index in [1.54, 1.807) is 17.0 Å². The van der Waals surface area contributed by atoms with E-state index in [4.69, 9.17) is 18.6 Å². The fraction of sp³-hybridized carbons (Fsp3) is 0.767. The van der Waals surface area contributed by atoms with Gasteiger partial charge in [0.05, 0.1) is 5.92 Å². The van der Waals surface area contributed by atoms with Gasteiger partial charge in [0.25, 0.3) is 0 Å². The average molecular weight is 531 g/mol. The molecule has 5 aliphatic heterocycles. The number of rotatable bonds is 4. The van der Waals surface area contributed by atoms with Crippen LogP contribution in [-0.4, -0.2) is 26.4 Å². The van der Waals surface area contributed by atoms with E-state index < -0.39 is 10.2 Å². The SMILES string of the molecule is CCC1=C2[C@@H](CC)[C@@H](C)[C@H](c3c(CC)c4n5c3CC[C@H]5CCC4)[C@@]23CC[C@H]2CCCC1=[N+]23.[O-][Cl+3]([O-])([O-])[O-]. The van der Waals surface area contributed by atoms with E-state index in [1.807, 2.05) is 22.4 Å². The smallest absolute Gasteiger partial charge is 0.192 e. The number of allylic oxidation sites excluding steroid dienone is 1. The summed E-state index contributed by atoms with van der Waals surface area (Å²) in [7, 11) is -4.94. The van der Waals surface area contributed by atoms with Crippen LogP contribution in [0, 0.1) is 22.1 Å². The molecule has 37 heavy (non-hydrogen) atoms. The Morgan fingerprint density at radius 3 is 2.32 bits per heavy atom. The summed E-state index contributed by atoms with van der Waals surface area (Å²) in [5, 5.41) is 0. The van der Waals surface area contributed by atoms with Crippen LogP contribution in [0.1, 0.15) is 126 Å². The first kappa shape index (κ1) is 26.1. The normalized spacial score (nSPS) is 35.5. The van der Waals surface area contributed by atoms with Crippen LogP contribution in [0.2, 0.25) is 0 Å². The quantitative estimate of drug-likeness (QED) is 0.557. The molecule has 6 heterocycles. The van der Waals surface area contributed by atoms with Crippen molar-refractivity contribution in [2.75, 3.05) is 0 Å². The van der Waals surface area contributed by atoms with Crippen molar-refractivity contribution >= 4 is 5.71 Å². The molecule has 6 atom stereocenters. The standard InChI is InChI=1S/C30H43N2.ClHO4/c1-5-21-18(4)28(27-22(6-2)24-12-8-10-19-14-15-26(27)31(19)24)30-17-16-20-11-9-13-25(32(20)30)23(7-3)29(21)30;2-1(3,4)5/h18-21,28H,5-17H2,1-4H3;(H,2,3,4,5)/q+1;/p-1/t18-,19-,20-,21+,28-,30+;/m1./s1. The van der Waals surface area contributed by atoms with Gasteiger partial charge in [-0.1, -0.05) is 27.7 Å². The Morgan fingerprint density at radius 1 is 0.919 bits per heavy atom. The molecule has 7 heteroatoms. The second-order valence-electron chi connectivity index (χ2n) is 12.4. The summed E-state index contributed by atoms with van der Waals surface area (Å²) in [6.45, 7) is 10.1. The number of halogens is 1. The van der Waals surface area contributed by atoms with Crippen LogP contribution in [0.15, 0.2) is 11.1 Å². The highest BCUT2D eigenvalue weighted by atomic mass is 35.7. The van der Waals surface area contributed by atoms with Crippen LogP contribution in [-0.2, 0) is 19.3 Å². The number of aromatic nitrogens is 1. The third-order valence-electron chi connectivity index (χ3n) is 11.1. The fourth-order valence-electron chi connectivity index (χ4n) is 10.4. The Bertz CT molecular complexity index is 1150. The lowest BCUT2D eigenvalue weighted by molar-refractivity contribution is -2.00. The van der Waals surface area contributed by atoms with Crippen molar-refractivity contribution in [3.63, 3.8) is 0 Å². The Labute approximate surface area is 223 Å². The molecule has 6 nitrogen and oxygen atoms in total. The summed E-state index contributed by atoms with van der Waals surface area (Å²) in [5.41, 5.74) is 13.2. The largest absolute Gasteiger partial charge is 0.345 e. The molecule has 1 aromatic rings. The summed E-state index contributed by atoms with van der Waals surface area (Å²) in [6.07, 6.45) is 17.9. The Hall–Kier alpha value is -1.18. The van der Waals surface area contributed by atoms with E-state index >= 15 is 0 Å². The molecule has 0 unspecified atom stereocenters. The molecule has 6 aliphatic rings. The highest BCUT2D eigenvalue weighted by Gasteiger charge is 2.71. The molecule has 0 bridgehead atoms. The predicted octanol–water partition coefficient (Wildman–Crippen LogP) is 2.14. The van der Waals surface area contributed by atoms with Gasteiger partial charge < -0.3 is 4.57 Å². The van der Waals surface area contributed by atoms with Crippen LogP contribution >= 0.6 is 0 Å². The van der Waals surface area contributed by atoms with Gasteiger partial charge in [-0.15, -0.1) is 10.2 Å². The molecule has 0 N–H and O–H groups in total. The number of hydrogen-bond acceptors (Lipinski definition) is 4. The zero-order valence-corrected chi connectivity index (χ0v) is 23.7. The summed E-state index contributed by atoms with van der Waals surface area (Å²) in [5.74, 6) is 2.30. The molecule has 0 amide bonds. The third-order valence-corrected chi connectivity index (χ3v) is 11.1. The maximum atomic E-state index is 8.49. The maximum Gasteiger partial charge on any atom is 0.192 e. The maximum absolute atomic E-state index is 8.49. The van der Waals surface area contributed by atoms with Gasteiger partial charge in [-0.2, -0.15) is 0 Å². The van der Waals surface area contributed by atoms with Crippen molar-refractivity contribution in [1.29, 1.82) is 0 Å². The van der Waals surface area contributed by atoms with E-state index in [0.29, 0.717) is 5.54 Å². The summed E-state index contributed by atoms with van der Waals surface area (Å²) in [6, 6.07) is 1.65. The zero-order chi connectivity index (χ0) is 26.3. The third kappa shape index (κ3) is 3.62. The molecule has 1 aliphatic carbocycles. The lowest BCUT2D eigenvalue weighted by Crippen LogP contribution is -2.68. The second-order valence-corrected chi connectivity index (χ2v) is 13.2. The molecular formula is C30H43ClN2O4. The van der Waals surface area contributed by atoms with E-state index in [9.17, 15) is 0 Å². The Kier molecular flexibility index (Phi) is 6.48. The minimum Gasteiger partial charge on any atom is -0.345 e. The van der Waals surface area contributed by atoms with Crippen molar-refractivity contribution < 1.29 is 33.5 Å². The van der Waals surface area contributed by atoms with Crippen LogP contribution in [0.3, 0.4) is 0 Å². The topological polar surface area (TPSA) is 100 Å². The van der Waals surface area contributed by atoms with Crippen LogP contribution in [0.5, 0.6) is 0 Å². The van der Waals surface area contributed by atoms with Crippen molar-refractivity contribution in [1.82, 2.24) is 4.57 Å². The van der Waals surface area contributed by atoms with Crippen molar-refractivity contribution in [3.05, 3.63) is 33.7 Å². The first-order valence-corrected chi connectivity index (χ1v) is 16.2. The molecule has 1 spiro atoms. The molecule has 1 saturated heterocycles. The van der Waals surface area contributed by atoms with Gasteiger partial charge in [0.15, 0.2) is 17.3 Å². The molecule has 204 valence electrons. The van der Waals surface area contributed by atoms with Gasteiger partial charge in [0, 0.05) is 54.3 Å². The van der Waals surface area contributed by atoms with Crippen LogP contribution < -0.4 is 18.6 Å². The molecule has 0 radical (unpaired) electrons. The second kappa shape index (κ2) is 9.19. The van der Waals surface area contributed by atoms with Gasteiger partial charge in [-0.25, -0.2) is 23.2 Å². The molecule has 1 aromatic heterocycles. The van der Waals surface area contributed by atoms with Gasteiger partial charge in [-0.3, -0.25) is 0 Å². The van der Waals surface area contributed by atoms with E-state index in [0.717, 1.165) is 29.8 Å². The monoisotopic (exact) mass is 530 g/mol. The number of hydrogen-bond donors (Lipinski definition) is 0. The van der Waals surface area contributed by atoms with E-state index in [2.05, 4.69) is 36.8 Å². The van der Waals surface area contributed by atoms with E-state index in [-0.39, 0.29) is 0 Å². The predicted molar refractivity (Wildman–Crippen MR) is 132 cm³/mol. The Morgan fingerprint density at radius 2 is 1.65 bits per heavy atom. The average Bonchev–Trinajstić information content (AvgIpc) is 3.62. The van der Waals surface area contributed by atoms with Crippen molar-refractivity contribution in [2.24, 2.45) is 11.8 Å². The summed E-state index contributed by atoms with van der Waals surface area (Å²) in [4.78, 5) is 0. The van der Waals surface area contributed by atoms with Crippen LogP contribution in [0.25, 0.3) is 0 Å².